The van der Waals surface area contributed by atoms with Crippen molar-refractivity contribution in [1.29, 1.82) is 0 Å². The highest BCUT2D eigenvalue weighted by Crippen LogP contribution is 2.09. The maximum Gasteiger partial charge on any atom is 0.0452 e. The van der Waals surface area contributed by atoms with Crippen molar-refractivity contribution in [3.8, 4) is 0 Å². The van der Waals surface area contributed by atoms with Crippen LogP contribution in [0.5, 0.6) is 0 Å². The molecule has 0 aliphatic heterocycles. The molecular weight excluding hydrogens is 190 g/mol. The quantitative estimate of drug-likeness (QED) is 0.358. The van der Waals surface area contributed by atoms with Crippen molar-refractivity contribution in [2.45, 2.75) is 6.54 Å². The van der Waals surface area contributed by atoms with E-state index >= 15 is 0 Å². The summed E-state index contributed by atoms with van der Waals surface area (Å²) in [5.41, 5.74) is 4.03. The molecule has 0 amide bonds. The van der Waals surface area contributed by atoms with Crippen LogP contribution in [0.1, 0.15) is 5.56 Å². The molecule has 4 N–H and O–H groups in total. The summed E-state index contributed by atoms with van der Waals surface area (Å²) in [6.45, 7) is 0.556. The van der Waals surface area contributed by atoms with Crippen LogP contribution in [0.2, 0.25) is 0 Å². The van der Waals surface area contributed by atoms with E-state index < -0.39 is 11.3 Å². The van der Waals surface area contributed by atoms with Crippen LogP contribution in [-0.2, 0) is 17.8 Å². The molecule has 0 heterocycles. The van der Waals surface area contributed by atoms with Gasteiger partial charge in [0, 0.05) is 23.5 Å². The third kappa shape index (κ3) is 3.51. The van der Waals surface area contributed by atoms with E-state index in [4.69, 9.17) is 5.84 Å². The number of benzene rings is 1. The zero-order valence-corrected chi connectivity index (χ0v) is 7.64. The van der Waals surface area contributed by atoms with Crippen molar-refractivity contribution in [1.82, 2.24) is 5.43 Å². The van der Waals surface area contributed by atoms with Crippen molar-refractivity contribution >= 4 is 17.0 Å². The Balaban J connectivity index is 2.64. The first-order valence-electron chi connectivity index (χ1n) is 3.60. The lowest BCUT2D eigenvalue weighted by Crippen LogP contribution is -2.20. The van der Waals surface area contributed by atoms with Gasteiger partial charge in [0.15, 0.2) is 0 Å². The minimum atomic E-state index is -2.27. The first-order chi connectivity index (χ1) is 6.22. The molecular formula is C7H10N3O2S-. The maximum atomic E-state index is 10.2. The Bertz CT molecular complexity index is 288. The van der Waals surface area contributed by atoms with Crippen molar-refractivity contribution < 1.29 is 8.76 Å². The molecule has 1 rings (SSSR count). The predicted molar refractivity (Wildman–Crippen MR) is 50.0 cm³/mol. The molecule has 5 nitrogen and oxygen atoms in total. The lowest BCUT2D eigenvalue weighted by molar-refractivity contribution is 0.542. The molecule has 72 valence electrons. The molecule has 1 atom stereocenters. The molecule has 6 heteroatoms. The molecule has 0 spiro atoms. The fourth-order valence-electron chi connectivity index (χ4n) is 0.905. The summed E-state index contributed by atoms with van der Waals surface area (Å²) in [5, 5.41) is 0. The second kappa shape index (κ2) is 4.93. The van der Waals surface area contributed by atoms with E-state index in [1.165, 1.54) is 0 Å². The minimum Gasteiger partial charge on any atom is -0.755 e. The van der Waals surface area contributed by atoms with Gasteiger partial charge in [-0.15, -0.1) is 0 Å². The number of hydrogen-bond acceptors (Lipinski definition) is 4. The van der Waals surface area contributed by atoms with Gasteiger partial charge >= 0.3 is 0 Å². The summed E-state index contributed by atoms with van der Waals surface area (Å²) in [4.78, 5) is 0. The van der Waals surface area contributed by atoms with Gasteiger partial charge in [-0.3, -0.25) is 15.5 Å². The smallest absolute Gasteiger partial charge is 0.0452 e. The van der Waals surface area contributed by atoms with Gasteiger partial charge in [-0.2, -0.15) is 0 Å². The van der Waals surface area contributed by atoms with Crippen LogP contribution in [0.3, 0.4) is 0 Å². The van der Waals surface area contributed by atoms with E-state index in [1.54, 1.807) is 24.3 Å². The van der Waals surface area contributed by atoms with Gasteiger partial charge in [0.2, 0.25) is 0 Å². The summed E-state index contributed by atoms with van der Waals surface area (Å²) in [6.07, 6.45) is 0. The fourth-order valence-corrected chi connectivity index (χ4v) is 1.23. The van der Waals surface area contributed by atoms with Gasteiger partial charge in [-0.05, 0) is 17.7 Å². The zero-order chi connectivity index (χ0) is 9.68. The van der Waals surface area contributed by atoms with Gasteiger partial charge in [-0.1, -0.05) is 12.1 Å². The second-order valence-electron chi connectivity index (χ2n) is 2.41. The second-order valence-corrected chi connectivity index (χ2v) is 3.09. The monoisotopic (exact) mass is 200 g/mol. The number of rotatable bonds is 4. The molecule has 0 aliphatic carbocycles. The summed E-state index contributed by atoms with van der Waals surface area (Å²) < 4.78 is 22.7. The normalized spacial score (nSPS) is 12.5. The third-order valence-electron chi connectivity index (χ3n) is 1.46. The van der Waals surface area contributed by atoms with Gasteiger partial charge in [0.1, 0.15) is 0 Å². The molecule has 13 heavy (non-hydrogen) atoms. The highest BCUT2D eigenvalue weighted by Gasteiger charge is 1.92. The van der Waals surface area contributed by atoms with Crippen LogP contribution in [0.15, 0.2) is 24.3 Å². The summed E-state index contributed by atoms with van der Waals surface area (Å²) in [5.74, 6) is 5.12. The van der Waals surface area contributed by atoms with E-state index in [0.29, 0.717) is 12.2 Å². The zero-order valence-electron chi connectivity index (χ0n) is 6.82. The van der Waals surface area contributed by atoms with Crippen LogP contribution in [0, 0.1) is 0 Å². The van der Waals surface area contributed by atoms with Crippen molar-refractivity contribution in [2.75, 3.05) is 4.72 Å². The number of nitrogens with one attached hydrogen (secondary N) is 2. The summed E-state index contributed by atoms with van der Waals surface area (Å²) >= 11 is -2.27. The molecule has 0 radical (unpaired) electrons. The lowest BCUT2D eigenvalue weighted by atomic mass is 10.2. The Hall–Kier alpha value is -0.950. The molecule has 0 saturated carbocycles. The number of anilines is 1. The first-order valence-corrected chi connectivity index (χ1v) is 4.68. The van der Waals surface area contributed by atoms with E-state index in [2.05, 4.69) is 10.1 Å². The molecule has 0 bridgehead atoms. The van der Waals surface area contributed by atoms with Crippen LogP contribution < -0.4 is 16.0 Å². The molecule has 0 fully saturated rings. The van der Waals surface area contributed by atoms with Gasteiger partial charge in [-0.25, -0.2) is 0 Å². The number of hydrazine groups is 1. The van der Waals surface area contributed by atoms with Crippen molar-refractivity contribution in [2.24, 2.45) is 5.84 Å². The van der Waals surface area contributed by atoms with Crippen molar-refractivity contribution in [3.05, 3.63) is 29.8 Å². The average molecular weight is 200 g/mol. The van der Waals surface area contributed by atoms with Crippen LogP contribution in [-0.4, -0.2) is 8.76 Å². The lowest BCUT2D eigenvalue weighted by Gasteiger charge is -2.08. The Morgan fingerprint density at radius 3 is 2.46 bits per heavy atom. The van der Waals surface area contributed by atoms with E-state index in [1.807, 2.05) is 0 Å². The SMILES string of the molecule is NNCc1ccc(NS(=O)[O-])cc1. The van der Waals surface area contributed by atoms with E-state index in [9.17, 15) is 8.76 Å². The highest BCUT2D eigenvalue weighted by molar-refractivity contribution is 7.80. The first kappa shape index (κ1) is 10.1. The maximum absolute atomic E-state index is 10.2. The Morgan fingerprint density at radius 2 is 2.00 bits per heavy atom. The topological polar surface area (TPSA) is 90.2 Å². The van der Waals surface area contributed by atoms with Gasteiger partial charge < -0.3 is 9.27 Å². The predicted octanol–water partition coefficient (Wildman–Crippen LogP) is -0.144. The summed E-state index contributed by atoms with van der Waals surface area (Å²) in [6, 6.07) is 6.91. The molecule has 1 aromatic rings. The largest absolute Gasteiger partial charge is 0.755 e. The standard InChI is InChI=1S/C7H11N3O2S/c8-9-5-6-1-3-7(4-2-6)10-13(11)12/h1-4,9-10H,5,8H2,(H,11,12)/p-1. The van der Waals surface area contributed by atoms with Gasteiger partial charge in [0.25, 0.3) is 0 Å². The van der Waals surface area contributed by atoms with Gasteiger partial charge in [0.05, 0.1) is 0 Å². The Morgan fingerprint density at radius 1 is 1.38 bits per heavy atom. The number of nitrogens with two attached hydrogens (primary N) is 1. The van der Waals surface area contributed by atoms with E-state index in [0.717, 1.165) is 5.56 Å². The Kier molecular flexibility index (Phi) is 3.84. The number of hydrogen-bond donors (Lipinski definition) is 3. The fraction of sp³-hybridized carbons (Fsp3) is 0.143. The van der Waals surface area contributed by atoms with E-state index in [-0.39, 0.29) is 0 Å². The van der Waals surface area contributed by atoms with Crippen LogP contribution in [0.25, 0.3) is 0 Å². The summed E-state index contributed by atoms with van der Waals surface area (Å²) in [7, 11) is 0. The average Bonchev–Trinajstić information content (AvgIpc) is 2.08. The highest BCUT2D eigenvalue weighted by atomic mass is 32.2. The van der Waals surface area contributed by atoms with Crippen LogP contribution >= 0.6 is 0 Å². The van der Waals surface area contributed by atoms with Crippen LogP contribution in [0.4, 0.5) is 5.69 Å². The molecule has 1 aromatic carbocycles. The molecule has 0 saturated heterocycles. The van der Waals surface area contributed by atoms with Crippen molar-refractivity contribution in [3.63, 3.8) is 0 Å². The minimum absolute atomic E-state index is 0.536. The molecule has 0 aromatic heterocycles. The molecule has 1 unspecified atom stereocenters. The molecule has 0 aliphatic rings. The third-order valence-corrected chi connectivity index (χ3v) is 1.86. The Labute approximate surface area is 78.7 Å².